The van der Waals surface area contributed by atoms with Gasteiger partial charge in [0.1, 0.15) is 5.82 Å². The molecule has 2 aromatic rings. The van der Waals surface area contributed by atoms with Crippen molar-refractivity contribution < 1.29 is 4.39 Å². The number of nitrogens with zero attached hydrogens (tertiary/aromatic N) is 2. The van der Waals surface area contributed by atoms with Gasteiger partial charge in [0.15, 0.2) is 10.3 Å². The molecule has 0 saturated carbocycles. The van der Waals surface area contributed by atoms with Crippen molar-refractivity contribution in [1.29, 1.82) is 0 Å². The number of hydrogen-bond donors (Lipinski definition) is 1. The summed E-state index contributed by atoms with van der Waals surface area (Å²) >= 11 is 14.8. The van der Waals surface area contributed by atoms with Crippen LogP contribution in [0.25, 0.3) is 0 Å². The first-order chi connectivity index (χ1) is 8.56. The predicted octanol–water partition coefficient (Wildman–Crippen LogP) is 4.30. The highest BCUT2D eigenvalue weighted by Gasteiger charge is 2.06. The van der Waals surface area contributed by atoms with E-state index in [9.17, 15) is 4.39 Å². The molecule has 1 aromatic carbocycles. The van der Waals surface area contributed by atoms with Crippen molar-refractivity contribution in [2.45, 2.75) is 6.54 Å². The Morgan fingerprint density at radius 2 is 2.00 bits per heavy atom. The molecule has 0 bridgehead atoms. The van der Waals surface area contributed by atoms with Crippen LogP contribution in [-0.2, 0) is 6.54 Å². The maximum absolute atomic E-state index is 13.5. The number of benzene rings is 1. The van der Waals surface area contributed by atoms with Crippen LogP contribution < -0.4 is 5.32 Å². The summed E-state index contributed by atoms with van der Waals surface area (Å²) in [6, 6.07) is 6.25. The molecule has 3 nitrogen and oxygen atoms in total. The summed E-state index contributed by atoms with van der Waals surface area (Å²) in [6.45, 7) is 0.271. The lowest BCUT2D eigenvalue weighted by Crippen LogP contribution is -2.03. The van der Waals surface area contributed by atoms with E-state index in [0.717, 1.165) is 4.47 Å². The van der Waals surface area contributed by atoms with E-state index in [0.29, 0.717) is 11.3 Å². The van der Waals surface area contributed by atoms with Crippen molar-refractivity contribution in [2.24, 2.45) is 0 Å². The maximum Gasteiger partial charge on any atom is 0.174 e. The predicted molar refractivity (Wildman–Crippen MR) is 73.5 cm³/mol. The van der Waals surface area contributed by atoms with Crippen LogP contribution in [0.2, 0.25) is 10.3 Å². The molecule has 0 spiro atoms. The van der Waals surface area contributed by atoms with Gasteiger partial charge in [-0.3, -0.25) is 0 Å². The molecule has 0 fully saturated rings. The Labute approximate surface area is 121 Å². The van der Waals surface area contributed by atoms with E-state index >= 15 is 0 Å². The topological polar surface area (TPSA) is 37.8 Å². The zero-order valence-corrected chi connectivity index (χ0v) is 12.0. The summed E-state index contributed by atoms with van der Waals surface area (Å²) in [6.07, 6.45) is 0. The second-order valence-electron chi connectivity index (χ2n) is 3.46. The van der Waals surface area contributed by atoms with Crippen LogP contribution in [0.5, 0.6) is 0 Å². The van der Waals surface area contributed by atoms with Gasteiger partial charge in [-0.15, -0.1) is 10.2 Å². The molecular formula is C11H7BrCl2FN3. The molecule has 7 heteroatoms. The third kappa shape index (κ3) is 3.31. The van der Waals surface area contributed by atoms with Crippen LogP contribution in [0.3, 0.4) is 0 Å². The third-order valence-electron chi connectivity index (χ3n) is 2.20. The van der Waals surface area contributed by atoms with E-state index in [4.69, 9.17) is 23.2 Å². The lowest BCUT2D eigenvalue weighted by molar-refractivity contribution is 0.612. The molecule has 1 aromatic heterocycles. The van der Waals surface area contributed by atoms with Gasteiger partial charge in [0.05, 0.1) is 5.69 Å². The molecule has 0 radical (unpaired) electrons. The minimum atomic E-state index is -0.296. The highest BCUT2D eigenvalue weighted by molar-refractivity contribution is 9.10. The molecule has 0 amide bonds. The maximum atomic E-state index is 13.5. The molecule has 0 saturated heterocycles. The Kier molecular flexibility index (Phi) is 4.37. The first-order valence-electron chi connectivity index (χ1n) is 4.93. The van der Waals surface area contributed by atoms with E-state index in [1.54, 1.807) is 12.1 Å². The molecule has 0 atom stereocenters. The summed E-state index contributed by atoms with van der Waals surface area (Å²) in [5.41, 5.74) is 1.02. The molecule has 0 aliphatic rings. The van der Waals surface area contributed by atoms with Gasteiger partial charge in [0, 0.05) is 22.6 Å². The minimum absolute atomic E-state index is 0.190. The van der Waals surface area contributed by atoms with Crippen LogP contribution >= 0.6 is 39.1 Å². The number of rotatable bonds is 3. The fourth-order valence-corrected chi connectivity index (χ4v) is 2.06. The van der Waals surface area contributed by atoms with E-state index < -0.39 is 0 Å². The lowest BCUT2D eigenvalue weighted by atomic mass is 10.2. The number of aromatic nitrogens is 2. The van der Waals surface area contributed by atoms with Crippen LogP contribution in [0.4, 0.5) is 10.1 Å². The zero-order valence-electron chi connectivity index (χ0n) is 8.92. The van der Waals surface area contributed by atoms with E-state index in [1.165, 1.54) is 12.1 Å². The summed E-state index contributed by atoms with van der Waals surface area (Å²) in [4.78, 5) is 0. The fourth-order valence-electron chi connectivity index (χ4n) is 1.35. The number of halogens is 4. The second-order valence-corrected chi connectivity index (χ2v) is 5.12. The third-order valence-corrected chi connectivity index (χ3v) is 3.15. The average Bonchev–Trinajstić information content (AvgIpc) is 2.34. The molecule has 1 N–H and O–H groups in total. The molecule has 94 valence electrons. The lowest BCUT2D eigenvalue weighted by Gasteiger charge is -2.08. The van der Waals surface area contributed by atoms with E-state index in [-0.39, 0.29) is 22.7 Å². The van der Waals surface area contributed by atoms with Crippen molar-refractivity contribution in [3.05, 3.63) is 50.4 Å². The van der Waals surface area contributed by atoms with E-state index in [2.05, 4.69) is 31.4 Å². The van der Waals surface area contributed by atoms with Gasteiger partial charge in [0.2, 0.25) is 0 Å². The average molecular weight is 351 g/mol. The van der Waals surface area contributed by atoms with E-state index in [1.807, 2.05) is 0 Å². The summed E-state index contributed by atoms with van der Waals surface area (Å²) in [5, 5.41) is 10.6. The first kappa shape index (κ1) is 13.5. The van der Waals surface area contributed by atoms with Crippen LogP contribution in [0.1, 0.15) is 5.56 Å². The van der Waals surface area contributed by atoms with Crippen LogP contribution in [0.15, 0.2) is 28.7 Å². The van der Waals surface area contributed by atoms with Gasteiger partial charge in [0.25, 0.3) is 0 Å². The van der Waals surface area contributed by atoms with Gasteiger partial charge in [-0.1, -0.05) is 39.1 Å². The monoisotopic (exact) mass is 349 g/mol. The second kappa shape index (κ2) is 5.82. The molecular weight excluding hydrogens is 344 g/mol. The summed E-state index contributed by atoms with van der Waals surface area (Å²) in [7, 11) is 0. The molecule has 0 aliphatic carbocycles. The Morgan fingerprint density at radius 3 is 2.78 bits per heavy atom. The van der Waals surface area contributed by atoms with Crippen molar-refractivity contribution in [3.63, 3.8) is 0 Å². The first-order valence-corrected chi connectivity index (χ1v) is 6.47. The molecule has 1 heterocycles. The van der Waals surface area contributed by atoms with Gasteiger partial charge in [-0.2, -0.15) is 0 Å². The van der Waals surface area contributed by atoms with Gasteiger partial charge < -0.3 is 5.32 Å². The zero-order chi connectivity index (χ0) is 13.1. The standard InChI is InChI=1S/C11H7BrCl2FN3/c12-7-1-2-8(15)6(3-7)5-16-9-4-10(13)17-18-11(9)14/h1-4H,5H2,(H,16,17). The summed E-state index contributed by atoms with van der Waals surface area (Å²) in [5.74, 6) is -0.296. The largest absolute Gasteiger partial charge is 0.378 e. The highest BCUT2D eigenvalue weighted by Crippen LogP contribution is 2.22. The molecule has 0 aliphatic heterocycles. The van der Waals surface area contributed by atoms with Gasteiger partial charge in [-0.25, -0.2) is 4.39 Å². The molecule has 0 unspecified atom stereocenters. The van der Waals surface area contributed by atoms with Crippen LogP contribution in [0, 0.1) is 5.82 Å². The smallest absolute Gasteiger partial charge is 0.174 e. The Bertz CT molecular complexity index is 529. The Balaban J connectivity index is 2.16. The summed E-state index contributed by atoms with van der Waals surface area (Å²) < 4.78 is 14.3. The van der Waals surface area contributed by atoms with Crippen molar-refractivity contribution in [1.82, 2.24) is 10.2 Å². The van der Waals surface area contributed by atoms with Gasteiger partial charge >= 0.3 is 0 Å². The van der Waals surface area contributed by atoms with Crippen molar-refractivity contribution in [3.8, 4) is 0 Å². The van der Waals surface area contributed by atoms with Crippen molar-refractivity contribution >= 4 is 44.8 Å². The molecule has 2 rings (SSSR count). The SMILES string of the molecule is Fc1ccc(Br)cc1CNc1cc(Cl)nnc1Cl. The number of nitrogens with one attached hydrogen (secondary N) is 1. The highest BCUT2D eigenvalue weighted by atomic mass is 79.9. The Morgan fingerprint density at radius 1 is 1.22 bits per heavy atom. The normalized spacial score (nSPS) is 10.4. The Hall–Kier alpha value is -0.910. The van der Waals surface area contributed by atoms with Gasteiger partial charge in [-0.05, 0) is 18.2 Å². The van der Waals surface area contributed by atoms with Crippen LogP contribution in [-0.4, -0.2) is 10.2 Å². The number of hydrogen-bond acceptors (Lipinski definition) is 3. The minimum Gasteiger partial charge on any atom is -0.378 e. The fraction of sp³-hybridized carbons (Fsp3) is 0.0909. The number of anilines is 1. The quantitative estimate of drug-likeness (QED) is 0.896. The molecule has 18 heavy (non-hydrogen) atoms. The van der Waals surface area contributed by atoms with Crippen molar-refractivity contribution in [2.75, 3.05) is 5.32 Å².